The van der Waals surface area contributed by atoms with Crippen LogP contribution in [-0.4, -0.2) is 15.6 Å². The predicted octanol–water partition coefficient (Wildman–Crippen LogP) is 6.08. The zero-order valence-corrected chi connectivity index (χ0v) is 17.5. The molecule has 162 valence electrons. The van der Waals surface area contributed by atoms with Gasteiger partial charge in [0, 0.05) is 17.7 Å². The fourth-order valence-corrected chi connectivity index (χ4v) is 3.56. The highest BCUT2D eigenvalue weighted by molar-refractivity contribution is 6.09. The maximum absolute atomic E-state index is 13.0. The van der Waals surface area contributed by atoms with Crippen molar-refractivity contribution in [1.82, 2.24) is 0 Å². The van der Waals surface area contributed by atoms with E-state index < -0.39 is 9.85 Å². The minimum absolute atomic E-state index is 0.00546. The average Bonchev–Trinajstić information content (AvgIpc) is 2.78. The second kappa shape index (κ2) is 10.3. The SMILES string of the molecule is C[C@@H]1CC/C(=C/C=C/c2ccccc2[N+](=O)[O-])C(=O)/C1=C/C=C/c1ccccc1[N+](=O)[O-]. The molecule has 1 saturated carbocycles. The lowest BCUT2D eigenvalue weighted by Crippen LogP contribution is -2.19. The lowest BCUT2D eigenvalue weighted by atomic mass is 9.81. The fraction of sp³-hybridized carbons (Fsp3) is 0.160. The number of nitro benzene ring substituents is 2. The van der Waals surface area contributed by atoms with Gasteiger partial charge in [-0.2, -0.15) is 0 Å². The Kier molecular flexibility index (Phi) is 7.23. The summed E-state index contributed by atoms with van der Waals surface area (Å²) in [6.07, 6.45) is 11.4. The quantitative estimate of drug-likeness (QED) is 0.314. The number of rotatable bonds is 6. The second-order valence-electron chi connectivity index (χ2n) is 7.43. The lowest BCUT2D eigenvalue weighted by molar-refractivity contribution is -0.385. The van der Waals surface area contributed by atoms with Crippen molar-refractivity contribution >= 4 is 29.3 Å². The van der Waals surface area contributed by atoms with Crippen LogP contribution in [0.15, 0.2) is 84.0 Å². The number of Topliss-reactive ketones (excluding diaryl/α,β-unsaturated/α-hetero) is 1. The molecule has 0 amide bonds. The Morgan fingerprint density at radius 1 is 0.844 bits per heavy atom. The fourth-order valence-electron chi connectivity index (χ4n) is 3.56. The van der Waals surface area contributed by atoms with Gasteiger partial charge in [-0.3, -0.25) is 25.0 Å². The van der Waals surface area contributed by atoms with Crippen molar-refractivity contribution in [3.63, 3.8) is 0 Å². The number of hydrogen-bond acceptors (Lipinski definition) is 5. The first-order valence-corrected chi connectivity index (χ1v) is 10.2. The first-order chi connectivity index (χ1) is 15.4. The van der Waals surface area contributed by atoms with Gasteiger partial charge < -0.3 is 0 Å². The highest BCUT2D eigenvalue weighted by Gasteiger charge is 2.25. The third-order valence-corrected chi connectivity index (χ3v) is 5.32. The molecule has 1 atom stereocenters. The van der Waals surface area contributed by atoms with Gasteiger partial charge in [-0.25, -0.2) is 0 Å². The van der Waals surface area contributed by atoms with E-state index in [2.05, 4.69) is 0 Å². The Balaban J connectivity index is 1.81. The van der Waals surface area contributed by atoms with E-state index in [1.165, 1.54) is 12.1 Å². The number of allylic oxidation sites excluding steroid dienone is 6. The Morgan fingerprint density at radius 2 is 1.34 bits per heavy atom. The molecule has 7 heteroatoms. The molecule has 0 heterocycles. The van der Waals surface area contributed by atoms with Gasteiger partial charge in [0.2, 0.25) is 0 Å². The van der Waals surface area contributed by atoms with Gasteiger partial charge in [0.05, 0.1) is 21.0 Å². The maximum Gasteiger partial charge on any atom is 0.276 e. The Hall–Kier alpha value is -4.13. The van der Waals surface area contributed by atoms with Crippen LogP contribution in [0.4, 0.5) is 11.4 Å². The molecule has 1 aliphatic carbocycles. The van der Waals surface area contributed by atoms with Crippen LogP contribution < -0.4 is 0 Å². The number of nitrogens with zero attached hydrogens (tertiary/aromatic N) is 2. The van der Waals surface area contributed by atoms with Gasteiger partial charge in [-0.05, 0) is 48.6 Å². The van der Waals surface area contributed by atoms with Crippen molar-refractivity contribution in [3.8, 4) is 0 Å². The predicted molar refractivity (Wildman–Crippen MR) is 124 cm³/mol. The smallest absolute Gasteiger partial charge is 0.276 e. The Labute approximate surface area is 185 Å². The molecule has 2 aromatic rings. The first kappa shape index (κ1) is 22.6. The van der Waals surface area contributed by atoms with E-state index in [-0.39, 0.29) is 23.1 Å². The molecular weight excluding hydrogens is 408 g/mol. The highest BCUT2D eigenvalue weighted by atomic mass is 16.6. The molecule has 0 aromatic heterocycles. The maximum atomic E-state index is 13.0. The number of nitro groups is 2. The normalized spacial score (nSPS) is 19.3. The van der Waals surface area contributed by atoms with Crippen LogP contribution in [0.25, 0.3) is 12.2 Å². The van der Waals surface area contributed by atoms with E-state index in [0.29, 0.717) is 28.7 Å². The summed E-state index contributed by atoms with van der Waals surface area (Å²) >= 11 is 0. The number of carbonyl (C=O) groups is 1. The van der Waals surface area contributed by atoms with Crippen LogP contribution in [0.1, 0.15) is 30.9 Å². The van der Waals surface area contributed by atoms with E-state index in [4.69, 9.17) is 0 Å². The minimum atomic E-state index is -0.440. The average molecular weight is 430 g/mol. The summed E-state index contributed by atoms with van der Waals surface area (Å²) in [4.78, 5) is 34.3. The van der Waals surface area contributed by atoms with Crippen LogP contribution >= 0.6 is 0 Å². The van der Waals surface area contributed by atoms with E-state index in [1.807, 2.05) is 6.92 Å². The van der Waals surface area contributed by atoms with Crippen molar-refractivity contribution in [2.45, 2.75) is 19.8 Å². The molecule has 7 nitrogen and oxygen atoms in total. The number of ketones is 1. The second-order valence-corrected chi connectivity index (χ2v) is 7.43. The minimum Gasteiger partial charge on any atom is -0.289 e. The molecule has 0 spiro atoms. The zero-order valence-electron chi connectivity index (χ0n) is 17.5. The standard InChI is InChI=1S/C25H22N2O5/c1-18-16-17-21(12-6-10-19-8-2-4-14-23(19)26(29)30)25(28)22(18)13-7-11-20-9-3-5-15-24(20)27(31)32/h2-15,18H,16-17H2,1H3/b10-6+,11-7+,21-12-,22-13+/t18-/m1/s1. The molecule has 0 N–H and O–H groups in total. The summed E-state index contributed by atoms with van der Waals surface area (Å²) in [7, 11) is 0. The van der Waals surface area contributed by atoms with Crippen molar-refractivity contribution in [2.24, 2.45) is 5.92 Å². The number of hydrogen-bond donors (Lipinski definition) is 0. The summed E-state index contributed by atoms with van der Waals surface area (Å²) in [5.41, 5.74) is 2.21. The van der Waals surface area contributed by atoms with Crippen LogP contribution in [-0.2, 0) is 4.79 Å². The Bertz CT molecular complexity index is 1170. The van der Waals surface area contributed by atoms with Gasteiger partial charge in [0.1, 0.15) is 0 Å². The van der Waals surface area contributed by atoms with Gasteiger partial charge in [-0.15, -0.1) is 0 Å². The molecule has 1 aliphatic rings. The van der Waals surface area contributed by atoms with Crippen molar-refractivity contribution in [1.29, 1.82) is 0 Å². The summed E-state index contributed by atoms with van der Waals surface area (Å²) in [6, 6.07) is 12.8. The summed E-state index contributed by atoms with van der Waals surface area (Å²) < 4.78 is 0. The van der Waals surface area contributed by atoms with E-state index in [1.54, 1.807) is 72.9 Å². The number of carbonyl (C=O) groups excluding carboxylic acids is 1. The lowest BCUT2D eigenvalue weighted by Gasteiger charge is -2.22. The van der Waals surface area contributed by atoms with E-state index in [0.717, 1.165) is 6.42 Å². The van der Waals surface area contributed by atoms with Gasteiger partial charge in [0.15, 0.2) is 5.78 Å². The molecule has 0 saturated heterocycles. The van der Waals surface area contributed by atoms with E-state index in [9.17, 15) is 25.0 Å². The Morgan fingerprint density at radius 3 is 1.88 bits per heavy atom. The molecule has 0 unspecified atom stereocenters. The number of benzene rings is 2. The largest absolute Gasteiger partial charge is 0.289 e. The van der Waals surface area contributed by atoms with Gasteiger partial charge in [-0.1, -0.05) is 55.5 Å². The molecule has 3 rings (SSSR count). The van der Waals surface area contributed by atoms with Crippen molar-refractivity contribution in [2.75, 3.05) is 0 Å². The van der Waals surface area contributed by atoms with Crippen molar-refractivity contribution < 1.29 is 14.6 Å². The highest BCUT2D eigenvalue weighted by Crippen LogP contribution is 2.30. The van der Waals surface area contributed by atoms with Crippen LogP contribution in [0, 0.1) is 26.1 Å². The van der Waals surface area contributed by atoms with Crippen molar-refractivity contribution in [3.05, 3.63) is 115 Å². The molecule has 0 radical (unpaired) electrons. The first-order valence-electron chi connectivity index (χ1n) is 10.2. The summed E-state index contributed by atoms with van der Waals surface area (Å²) in [5.74, 6) is -0.0163. The molecule has 0 aliphatic heterocycles. The molecule has 1 fully saturated rings. The molecule has 32 heavy (non-hydrogen) atoms. The zero-order chi connectivity index (χ0) is 23.1. The third kappa shape index (κ3) is 5.31. The van der Waals surface area contributed by atoms with Crippen LogP contribution in [0.3, 0.4) is 0 Å². The van der Waals surface area contributed by atoms with Crippen LogP contribution in [0.5, 0.6) is 0 Å². The van der Waals surface area contributed by atoms with E-state index >= 15 is 0 Å². The van der Waals surface area contributed by atoms with Crippen LogP contribution in [0.2, 0.25) is 0 Å². The number of para-hydroxylation sites is 2. The third-order valence-electron chi connectivity index (χ3n) is 5.32. The molecule has 0 bridgehead atoms. The molecular formula is C25H22N2O5. The summed E-state index contributed by atoms with van der Waals surface area (Å²) in [5, 5.41) is 22.3. The van der Waals surface area contributed by atoms with Gasteiger partial charge >= 0.3 is 0 Å². The topological polar surface area (TPSA) is 103 Å². The summed E-state index contributed by atoms with van der Waals surface area (Å²) in [6.45, 7) is 1.97. The monoisotopic (exact) mass is 430 g/mol. The van der Waals surface area contributed by atoms with Gasteiger partial charge in [0.25, 0.3) is 11.4 Å². The molecule has 2 aromatic carbocycles.